The van der Waals surface area contributed by atoms with E-state index < -0.39 is 0 Å². The first-order valence-corrected chi connectivity index (χ1v) is 8.40. The molecular weight excluding hydrogens is 308 g/mol. The predicted octanol–water partition coefficient (Wildman–Crippen LogP) is 2.67. The first-order chi connectivity index (χ1) is 11.1. The minimum absolute atomic E-state index is 0.0736. The molecule has 1 aromatic carbocycles. The summed E-state index contributed by atoms with van der Waals surface area (Å²) < 4.78 is 3.52. The number of anilines is 1. The average Bonchev–Trinajstić information content (AvgIpc) is 2.80. The van der Waals surface area contributed by atoms with E-state index in [1.54, 1.807) is 4.68 Å². The average molecular weight is 330 g/mol. The monoisotopic (exact) mass is 330 g/mol. The maximum Gasteiger partial charge on any atom is 0.295 e. The topological polar surface area (TPSA) is 42.2 Å². The van der Waals surface area contributed by atoms with E-state index in [2.05, 4.69) is 10.2 Å². The van der Waals surface area contributed by atoms with E-state index in [1.807, 2.05) is 49.0 Å². The van der Waals surface area contributed by atoms with Crippen LogP contribution in [0.1, 0.15) is 25.0 Å². The summed E-state index contributed by atoms with van der Waals surface area (Å²) in [6.07, 6.45) is 3.57. The van der Waals surface area contributed by atoms with Gasteiger partial charge in [-0.2, -0.15) is 0 Å². The second-order valence-corrected chi connectivity index (χ2v) is 6.30. The van der Waals surface area contributed by atoms with Crippen LogP contribution in [0.25, 0.3) is 5.69 Å². The normalized spacial score (nSPS) is 14.8. The van der Waals surface area contributed by atoms with Crippen molar-refractivity contribution in [2.24, 2.45) is 7.05 Å². The lowest BCUT2D eigenvalue weighted by Gasteiger charge is -2.29. The molecule has 0 bridgehead atoms. The Morgan fingerprint density at radius 3 is 2.43 bits per heavy atom. The third kappa shape index (κ3) is 3.03. The molecule has 5 nitrogen and oxygen atoms in total. The number of nitrogens with zero attached hydrogens (tertiary/aromatic N) is 3. The molecule has 1 fully saturated rings. The zero-order chi connectivity index (χ0) is 16.4. The summed E-state index contributed by atoms with van der Waals surface area (Å²) >= 11 is 5.50. The van der Waals surface area contributed by atoms with Gasteiger partial charge in [-0.3, -0.25) is 9.48 Å². The number of hydrogen-bond donors (Lipinski definition) is 1. The van der Waals surface area contributed by atoms with Crippen molar-refractivity contribution in [3.8, 4) is 5.69 Å². The number of hydrogen-bond acceptors (Lipinski definition) is 2. The van der Waals surface area contributed by atoms with Crippen molar-refractivity contribution in [2.45, 2.75) is 26.2 Å². The first-order valence-electron chi connectivity index (χ1n) is 7.99. The summed E-state index contributed by atoms with van der Waals surface area (Å²) in [5.41, 5.74) is 2.21. The lowest BCUT2D eigenvalue weighted by Crippen LogP contribution is -2.39. The van der Waals surface area contributed by atoms with Crippen molar-refractivity contribution >= 4 is 23.0 Å². The molecule has 0 radical (unpaired) electrons. The number of thiocarbonyl (C=S) groups is 1. The maximum atomic E-state index is 12.8. The summed E-state index contributed by atoms with van der Waals surface area (Å²) in [6, 6.07) is 9.64. The minimum atomic E-state index is -0.0736. The smallest absolute Gasteiger partial charge is 0.295 e. The van der Waals surface area contributed by atoms with Crippen molar-refractivity contribution < 1.29 is 0 Å². The van der Waals surface area contributed by atoms with Crippen LogP contribution in [0.15, 0.2) is 35.1 Å². The molecule has 1 saturated heterocycles. The molecule has 0 aliphatic carbocycles. The van der Waals surface area contributed by atoms with Crippen LogP contribution in [0, 0.1) is 6.92 Å². The van der Waals surface area contributed by atoms with E-state index in [9.17, 15) is 4.79 Å². The fourth-order valence-electron chi connectivity index (χ4n) is 3.00. The molecule has 23 heavy (non-hydrogen) atoms. The van der Waals surface area contributed by atoms with Gasteiger partial charge in [-0.1, -0.05) is 18.2 Å². The van der Waals surface area contributed by atoms with Crippen molar-refractivity contribution in [1.82, 2.24) is 14.3 Å². The molecule has 1 aliphatic rings. The summed E-state index contributed by atoms with van der Waals surface area (Å²) in [4.78, 5) is 15.0. The molecule has 1 aromatic heterocycles. The van der Waals surface area contributed by atoms with Crippen LogP contribution in [0.3, 0.4) is 0 Å². The van der Waals surface area contributed by atoms with Crippen LogP contribution in [0.5, 0.6) is 0 Å². The van der Waals surface area contributed by atoms with Crippen molar-refractivity contribution in [2.75, 3.05) is 18.4 Å². The van der Waals surface area contributed by atoms with Gasteiger partial charge in [0.15, 0.2) is 5.11 Å². The van der Waals surface area contributed by atoms with Gasteiger partial charge in [0.25, 0.3) is 5.56 Å². The quantitative estimate of drug-likeness (QED) is 0.860. The Balaban J connectivity index is 1.92. The molecule has 2 heterocycles. The standard InChI is InChI=1S/C17H22N4OS/c1-13-15(18-17(23)20-11-7-4-8-12-20)16(22)21(19(13)2)14-9-5-3-6-10-14/h3,5-6,9-10H,4,7-8,11-12H2,1-2H3,(H,18,23). The molecule has 6 heteroatoms. The van der Waals surface area contributed by atoms with E-state index in [-0.39, 0.29) is 5.56 Å². The molecular formula is C17H22N4OS. The van der Waals surface area contributed by atoms with Gasteiger partial charge in [-0.15, -0.1) is 0 Å². The third-order valence-electron chi connectivity index (χ3n) is 4.43. The number of aromatic nitrogens is 2. The molecule has 0 saturated carbocycles. The lowest BCUT2D eigenvalue weighted by molar-refractivity contribution is 0.346. The fourth-order valence-corrected chi connectivity index (χ4v) is 3.28. The highest BCUT2D eigenvalue weighted by Gasteiger charge is 2.19. The van der Waals surface area contributed by atoms with Crippen molar-refractivity contribution in [3.05, 3.63) is 46.4 Å². The molecule has 0 atom stereocenters. The molecule has 1 aliphatic heterocycles. The van der Waals surface area contributed by atoms with E-state index in [1.165, 1.54) is 6.42 Å². The van der Waals surface area contributed by atoms with Gasteiger partial charge < -0.3 is 10.2 Å². The highest BCUT2D eigenvalue weighted by atomic mass is 32.1. The third-order valence-corrected chi connectivity index (χ3v) is 4.79. The van der Waals surface area contributed by atoms with E-state index in [4.69, 9.17) is 12.2 Å². The summed E-state index contributed by atoms with van der Waals surface area (Å²) in [5.74, 6) is 0. The van der Waals surface area contributed by atoms with Crippen molar-refractivity contribution in [3.63, 3.8) is 0 Å². The maximum absolute atomic E-state index is 12.8. The summed E-state index contributed by atoms with van der Waals surface area (Å²) in [5, 5.41) is 3.83. The van der Waals surface area contributed by atoms with Gasteiger partial charge in [0.1, 0.15) is 5.69 Å². The molecule has 0 spiro atoms. The van der Waals surface area contributed by atoms with Gasteiger partial charge in [-0.25, -0.2) is 4.68 Å². The summed E-state index contributed by atoms with van der Waals surface area (Å²) in [7, 11) is 1.89. The van der Waals surface area contributed by atoms with Gasteiger partial charge in [0.2, 0.25) is 0 Å². The van der Waals surface area contributed by atoms with E-state index >= 15 is 0 Å². The molecule has 1 N–H and O–H groups in total. The van der Waals surface area contributed by atoms with Crippen molar-refractivity contribution in [1.29, 1.82) is 0 Å². The Morgan fingerprint density at radius 1 is 1.13 bits per heavy atom. The SMILES string of the molecule is Cc1c(NC(=S)N2CCCCC2)c(=O)n(-c2ccccc2)n1C. The van der Waals surface area contributed by atoms with Crippen LogP contribution >= 0.6 is 12.2 Å². The Bertz CT molecular complexity index is 757. The van der Waals surface area contributed by atoms with Gasteiger partial charge in [0.05, 0.1) is 11.4 Å². The Kier molecular flexibility index (Phi) is 4.52. The highest BCUT2D eigenvalue weighted by molar-refractivity contribution is 7.80. The van der Waals surface area contributed by atoms with Crippen LogP contribution in [0.2, 0.25) is 0 Å². The zero-order valence-corrected chi connectivity index (χ0v) is 14.4. The number of piperidine rings is 1. The van der Waals surface area contributed by atoms with E-state index in [0.717, 1.165) is 37.3 Å². The fraction of sp³-hybridized carbons (Fsp3) is 0.412. The van der Waals surface area contributed by atoms with Gasteiger partial charge >= 0.3 is 0 Å². The number of nitrogens with one attached hydrogen (secondary N) is 1. The van der Waals surface area contributed by atoms with Crippen LogP contribution < -0.4 is 10.9 Å². The van der Waals surface area contributed by atoms with Gasteiger partial charge in [-0.05, 0) is 50.5 Å². The number of rotatable bonds is 2. The molecule has 122 valence electrons. The predicted molar refractivity (Wildman–Crippen MR) is 97.4 cm³/mol. The number of para-hydroxylation sites is 1. The Morgan fingerprint density at radius 2 is 1.78 bits per heavy atom. The minimum Gasteiger partial charge on any atom is -0.349 e. The molecule has 0 unspecified atom stereocenters. The second kappa shape index (κ2) is 6.58. The second-order valence-electron chi connectivity index (χ2n) is 5.91. The van der Waals surface area contributed by atoms with E-state index in [0.29, 0.717) is 10.8 Å². The Hall–Kier alpha value is -2.08. The van der Waals surface area contributed by atoms with Crippen LogP contribution in [0.4, 0.5) is 5.69 Å². The number of benzene rings is 1. The first kappa shape index (κ1) is 15.8. The number of likely N-dealkylation sites (tertiary alicyclic amines) is 1. The Labute approximate surface area is 141 Å². The van der Waals surface area contributed by atoms with Gasteiger partial charge in [0, 0.05) is 20.1 Å². The lowest BCUT2D eigenvalue weighted by atomic mass is 10.1. The zero-order valence-electron chi connectivity index (χ0n) is 13.6. The highest BCUT2D eigenvalue weighted by Crippen LogP contribution is 2.16. The summed E-state index contributed by atoms with van der Waals surface area (Å²) in [6.45, 7) is 3.86. The molecule has 3 rings (SSSR count). The molecule has 0 amide bonds. The molecule has 2 aromatic rings. The van der Waals surface area contributed by atoms with Crippen LogP contribution in [-0.2, 0) is 7.05 Å². The van der Waals surface area contributed by atoms with Crippen LogP contribution in [-0.4, -0.2) is 32.5 Å². The largest absolute Gasteiger partial charge is 0.349 e.